The molecule has 1 radical (unpaired) electrons. The van der Waals surface area contributed by atoms with Crippen LogP contribution in [0.15, 0.2) is 66.4 Å². The van der Waals surface area contributed by atoms with E-state index in [2.05, 4.69) is 102 Å². The van der Waals surface area contributed by atoms with Crippen molar-refractivity contribution in [1.29, 1.82) is 0 Å². The third kappa shape index (κ3) is 5.53. The molecule has 3 aromatic carbocycles. The number of hydrogen-bond acceptors (Lipinski definition) is 3. The third-order valence-electron chi connectivity index (χ3n) is 6.95. The van der Waals surface area contributed by atoms with Crippen LogP contribution in [0.1, 0.15) is 75.3 Å². The van der Waals surface area contributed by atoms with Crippen molar-refractivity contribution in [2.45, 2.75) is 66.7 Å². The van der Waals surface area contributed by atoms with E-state index in [0.717, 1.165) is 22.3 Å². The largest absolute Gasteiger partial charge is 0.512 e. The number of benzene rings is 3. The molecule has 1 N–H and O–H groups in total. The van der Waals surface area contributed by atoms with E-state index in [4.69, 9.17) is 10.1 Å². The molecular formula is C34H36IrNO2-. The molecular weight excluding hydrogens is 647 g/mol. The predicted molar refractivity (Wildman–Crippen MR) is 154 cm³/mol. The molecule has 199 valence electrons. The van der Waals surface area contributed by atoms with Gasteiger partial charge in [0.2, 0.25) is 0 Å². The van der Waals surface area contributed by atoms with Crippen LogP contribution in [0.25, 0.3) is 33.3 Å². The summed E-state index contributed by atoms with van der Waals surface area (Å²) in [6.07, 6.45) is 1.17. The molecule has 0 aliphatic heterocycles. The SMILES string of the molecule is CC(=O)/C=C(/C)O.Cc1[c-]c(-c2nc3ccccc3c3c2C(C)(C)c2c-3cccc2C(C)C)cc(C)c1.[Ir]. The number of pyridine rings is 1. The van der Waals surface area contributed by atoms with Gasteiger partial charge < -0.3 is 5.11 Å². The number of aliphatic hydroxyl groups is 1. The first-order valence-electron chi connectivity index (χ1n) is 12.9. The molecule has 0 unspecified atom stereocenters. The van der Waals surface area contributed by atoms with Crippen molar-refractivity contribution in [3.63, 3.8) is 0 Å². The third-order valence-corrected chi connectivity index (χ3v) is 6.95. The van der Waals surface area contributed by atoms with Gasteiger partial charge in [-0.05, 0) is 59.3 Å². The minimum Gasteiger partial charge on any atom is -0.512 e. The number of ketones is 1. The van der Waals surface area contributed by atoms with Gasteiger partial charge in [-0.1, -0.05) is 77.9 Å². The van der Waals surface area contributed by atoms with Crippen LogP contribution < -0.4 is 0 Å². The summed E-state index contributed by atoms with van der Waals surface area (Å²) in [5, 5.41) is 9.61. The minimum atomic E-state index is -0.125. The van der Waals surface area contributed by atoms with Crippen molar-refractivity contribution in [2.24, 2.45) is 0 Å². The molecule has 0 atom stereocenters. The Morgan fingerprint density at radius 3 is 2.26 bits per heavy atom. The summed E-state index contributed by atoms with van der Waals surface area (Å²) >= 11 is 0. The topological polar surface area (TPSA) is 50.2 Å². The van der Waals surface area contributed by atoms with Gasteiger partial charge in [0.15, 0.2) is 5.78 Å². The number of carbonyl (C=O) groups is 1. The van der Waals surface area contributed by atoms with Crippen molar-refractivity contribution in [3.05, 3.63) is 100 Å². The molecule has 38 heavy (non-hydrogen) atoms. The summed E-state index contributed by atoms with van der Waals surface area (Å²) in [5.74, 6) is 0.413. The van der Waals surface area contributed by atoms with Crippen LogP contribution in [0.3, 0.4) is 0 Å². The van der Waals surface area contributed by atoms with E-state index >= 15 is 0 Å². The first-order valence-corrected chi connectivity index (χ1v) is 12.9. The molecule has 0 spiro atoms. The van der Waals surface area contributed by atoms with Gasteiger partial charge in [0.05, 0.1) is 11.3 Å². The molecule has 0 amide bonds. The molecule has 1 heterocycles. The maximum Gasteiger partial charge on any atom is 0.155 e. The van der Waals surface area contributed by atoms with E-state index in [1.807, 2.05) is 0 Å². The number of fused-ring (bicyclic) bond motifs is 5. The van der Waals surface area contributed by atoms with E-state index in [9.17, 15) is 4.79 Å². The number of carbonyl (C=O) groups excluding carboxylic acids is 1. The van der Waals surface area contributed by atoms with Gasteiger partial charge in [-0.2, -0.15) is 0 Å². The predicted octanol–water partition coefficient (Wildman–Crippen LogP) is 8.78. The van der Waals surface area contributed by atoms with Gasteiger partial charge >= 0.3 is 0 Å². The standard InChI is InChI=1S/C29H28N.C5H8O2.Ir/c1-17(2)21-11-9-12-23-25-22-10-7-8-13-24(22)30-28(27(25)29(5,6)26(21)23)20-15-18(3)14-19(4)16-20;1-4(6)3-5(2)7;/h7-15,17H,1-6H3;3,6H,1-2H3;/q-1;;/b;4-3-;. The van der Waals surface area contributed by atoms with E-state index in [-0.39, 0.29) is 37.1 Å². The Balaban J connectivity index is 0.000000444. The summed E-state index contributed by atoms with van der Waals surface area (Å²) in [5.41, 5.74) is 12.5. The molecule has 0 saturated carbocycles. The molecule has 4 aromatic rings. The Hall–Kier alpha value is -3.07. The summed E-state index contributed by atoms with van der Waals surface area (Å²) in [7, 11) is 0. The Bertz CT molecular complexity index is 1520. The van der Waals surface area contributed by atoms with Gasteiger partial charge in [0.1, 0.15) is 0 Å². The molecule has 5 rings (SSSR count). The minimum absolute atomic E-state index is 0. The van der Waals surface area contributed by atoms with E-state index in [0.29, 0.717) is 5.92 Å². The monoisotopic (exact) mass is 683 g/mol. The Morgan fingerprint density at radius 2 is 1.68 bits per heavy atom. The number of aromatic nitrogens is 1. The summed E-state index contributed by atoms with van der Waals surface area (Å²) in [6, 6.07) is 23.4. The second-order valence-electron chi connectivity index (χ2n) is 10.9. The first kappa shape index (κ1) is 29.5. The number of rotatable bonds is 3. The average molecular weight is 683 g/mol. The second-order valence-corrected chi connectivity index (χ2v) is 10.9. The van der Waals surface area contributed by atoms with Crippen LogP contribution in [-0.4, -0.2) is 15.9 Å². The fraction of sp³-hybridized carbons (Fsp3) is 0.294. The fourth-order valence-electron chi connectivity index (χ4n) is 5.69. The van der Waals surface area contributed by atoms with Crippen LogP contribution in [0.2, 0.25) is 0 Å². The van der Waals surface area contributed by atoms with Gasteiger partial charge in [0.25, 0.3) is 0 Å². The summed E-state index contributed by atoms with van der Waals surface area (Å²) < 4.78 is 0. The summed E-state index contributed by atoms with van der Waals surface area (Å²) in [6.45, 7) is 16.4. The van der Waals surface area contributed by atoms with Crippen molar-refractivity contribution in [1.82, 2.24) is 4.98 Å². The molecule has 0 saturated heterocycles. The molecule has 0 bridgehead atoms. The van der Waals surface area contributed by atoms with Crippen LogP contribution in [0.4, 0.5) is 0 Å². The number of nitrogens with zero attached hydrogens (tertiary/aromatic N) is 1. The molecule has 3 nitrogen and oxygen atoms in total. The quantitative estimate of drug-likeness (QED) is 0.134. The van der Waals surface area contributed by atoms with Crippen LogP contribution in [-0.2, 0) is 30.3 Å². The van der Waals surface area contributed by atoms with E-state index in [1.54, 1.807) is 0 Å². The maximum atomic E-state index is 10.0. The molecule has 1 aliphatic rings. The zero-order valence-corrected chi connectivity index (χ0v) is 25.9. The van der Waals surface area contributed by atoms with Crippen molar-refractivity contribution in [3.8, 4) is 22.4 Å². The van der Waals surface area contributed by atoms with E-state index in [1.165, 1.54) is 58.7 Å². The smallest absolute Gasteiger partial charge is 0.155 e. The van der Waals surface area contributed by atoms with Crippen molar-refractivity contribution < 1.29 is 30.0 Å². The number of aryl methyl sites for hydroxylation is 2. The van der Waals surface area contributed by atoms with Crippen LogP contribution in [0.5, 0.6) is 0 Å². The summed E-state index contributed by atoms with van der Waals surface area (Å²) in [4.78, 5) is 15.2. The van der Waals surface area contributed by atoms with Crippen LogP contribution in [0, 0.1) is 19.9 Å². The fourth-order valence-corrected chi connectivity index (χ4v) is 5.69. The molecule has 4 heteroatoms. The van der Waals surface area contributed by atoms with Gasteiger partial charge in [0, 0.05) is 37.0 Å². The van der Waals surface area contributed by atoms with Gasteiger partial charge in [-0.15, -0.1) is 34.9 Å². The first-order chi connectivity index (χ1) is 17.4. The van der Waals surface area contributed by atoms with Crippen molar-refractivity contribution >= 4 is 16.7 Å². The second kappa shape index (κ2) is 11.4. The Kier molecular flexibility index (Phi) is 8.81. The maximum absolute atomic E-state index is 10.0. The van der Waals surface area contributed by atoms with Gasteiger partial charge in [-0.3, -0.25) is 9.78 Å². The Morgan fingerprint density at radius 1 is 1.00 bits per heavy atom. The molecule has 1 aromatic heterocycles. The Labute approximate surface area is 240 Å². The van der Waals surface area contributed by atoms with Crippen molar-refractivity contribution in [2.75, 3.05) is 0 Å². The number of para-hydroxylation sites is 1. The average Bonchev–Trinajstić information content (AvgIpc) is 3.05. The molecule has 0 fully saturated rings. The number of aliphatic hydroxyl groups excluding tert-OH is 1. The number of allylic oxidation sites excluding steroid dienone is 2. The van der Waals surface area contributed by atoms with Crippen LogP contribution >= 0.6 is 0 Å². The van der Waals surface area contributed by atoms with E-state index < -0.39 is 0 Å². The van der Waals surface area contributed by atoms with Gasteiger partial charge in [-0.25, -0.2) is 0 Å². The normalized spacial score (nSPS) is 13.3. The zero-order chi connectivity index (χ0) is 27.1. The zero-order valence-electron chi connectivity index (χ0n) is 23.5. The molecule has 1 aliphatic carbocycles. The number of hydrogen-bond donors (Lipinski definition) is 1.